The second-order valence-corrected chi connectivity index (χ2v) is 2.83. The molecule has 0 bridgehead atoms. The van der Waals surface area contributed by atoms with Crippen LogP contribution in [0.5, 0.6) is 0 Å². The van der Waals surface area contributed by atoms with Gasteiger partial charge in [-0.1, -0.05) is 19.1 Å². The Morgan fingerprint density at radius 2 is 2.31 bits per heavy atom. The molecule has 0 fully saturated rings. The van der Waals surface area contributed by atoms with Crippen LogP contribution in [0, 0.1) is 17.1 Å². The van der Waals surface area contributed by atoms with Crippen molar-refractivity contribution in [3.8, 4) is 6.07 Å². The smallest absolute Gasteiger partial charge is 0.146 e. The minimum atomic E-state index is -0.453. The summed E-state index contributed by atoms with van der Waals surface area (Å²) < 4.78 is 13.0. The highest BCUT2D eigenvalue weighted by atomic mass is 19.1. The van der Waals surface area contributed by atoms with Crippen molar-refractivity contribution in [2.24, 2.45) is 0 Å². The van der Waals surface area contributed by atoms with Crippen LogP contribution >= 0.6 is 0 Å². The predicted octanol–water partition coefficient (Wildman–Crippen LogP) is 2.43. The van der Waals surface area contributed by atoms with Crippen LogP contribution in [-0.2, 0) is 0 Å². The van der Waals surface area contributed by atoms with Gasteiger partial charge in [-0.25, -0.2) is 4.39 Å². The number of nitrogens with two attached hydrogens (primary N) is 1. The Kier molecular flexibility index (Phi) is 2.86. The summed E-state index contributed by atoms with van der Waals surface area (Å²) in [7, 11) is 0. The van der Waals surface area contributed by atoms with Gasteiger partial charge in [-0.15, -0.1) is 0 Å². The van der Waals surface area contributed by atoms with Crippen molar-refractivity contribution in [2.75, 3.05) is 5.73 Å². The highest BCUT2D eigenvalue weighted by Gasteiger charge is 2.13. The van der Waals surface area contributed by atoms with E-state index in [2.05, 4.69) is 6.07 Å². The molecule has 1 aromatic carbocycles. The number of benzene rings is 1. The molecule has 3 heteroatoms. The number of hydrogen-bond donors (Lipinski definition) is 1. The fourth-order valence-corrected chi connectivity index (χ4v) is 1.24. The lowest BCUT2D eigenvalue weighted by molar-refractivity contribution is 0.628. The van der Waals surface area contributed by atoms with Crippen molar-refractivity contribution in [1.29, 1.82) is 5.26 Å². The molecule has 0 saturated heterocycles. The van der Waals surface area contributed by atoms with Gasteiger partial charge in [0.15, 0.2) is 0 Å². The Bertz CT molecular complexity index is 341. The Hall–Kier alpha value is -1.56. The first-order valence-corrected chi connectivity index (χ1v) is 4.14. The zero-order valence-corrected chi connectivity index (χ0v) is 7.42. The highest BCUT2D eigenvalue weighted by molar-refractivity contribution is 5.51. The van der Waals surface area contributed by atoms with E-state index >= 15 is 0 Å². The summed E-state index contributed by atoms with van der Waals surface area (Å²) in [6, 6.07) is 6.64. The Labute approximate surface area is 76.8 Å². The molecule has 0 aliphatic heterocycles. The minimum absolute atomic E-state index is 0.0934. The lowest BCUT2D eigenvalue weighted by Gasteiger charge is -2.09. The van der Waals surface area contributed by atoms with E-state index in [1.807, 2.05) is 6.92 Å². The number of nitrogen functional groups attached to an aromatic ring is 1. The fraction of sp³-hybridized carbons (Fsp3) is 0.300. The fourth-order valence-electron chi connectivity index (χ4n) is 1.24. The molecule has 1 aromatic rings. The molecule has 0 heterocycles. The Morgan fingerprint density at radius 3 is 2.85 bits per heavy atom. The van der Waals surface area contributed by atoms with Crippen LogP contribution in [0.25, 0.3) is 0 Å². The maximum Gasteiger partial charge on any atom is 0.146 e. The Morgan fingerprint density at radius 1 is 1.62 bits per heavy atom. The average Bonchev–Trinajstić information content (AvgIpc) is 2.14. The molecule has 13 heavy (non-hydrogen) atoms. The lowest BCUT2D eigenvalue weighted by atomic mass is 9.96. The van der Waals surface area contributed by atoms with Crippen molar-refractivity contribution in [2.45, 2.75) is 19.3 Å². The van der Waals surface area contributed by atoms with Gasteiger partial charge in [0.05, 0.1) is 17.7 Å². The summed E-state index contributed by atoms with van der Waals surface area (Å²) in [5.74, 6) is -0.762. The quantitative estimate of drug-likeness (QED) is 0.707. The van der Waals surface area contributed by atoms with Crippen LogP contribution in [0.2, 0.25) is 0 Å². The van der Waals surface area contributed by atoms with Crippen molar-refractivity contribution in [3.63, 3.8) is 0 Å². The van der Waals surface area contributed by atoms with E-state index < -0.39 is 5.82 Å². The SMILES string of the molecule is CCC(C#N)c1cccc(F)c1N. The molecule has 2 N–H and O–H groups in total. The third-order valence-corrected chi connectivity index (χ3v) is 2.03. The van der Waals surface area contributed by atoms with Crippen molar-refractivity contribution in [3.05, 3.63) is 29.6 Å². The van der Waals surface area contributed by atoms with E-state index in [0.29, 0.717) is 12.0 Å². The number of para-hydroxylation sites is 1. The van der Waals surface area contributed by atoms with Gasteiger partial charge in [-0.05, 0) is 18.1 Å². The van der Waals surface area contributed by atoms with Gasteiger partial charge in [0, 0.05) is 0 Å². The zero-order chi connectivity index (χ0) is 9.84. The van der Waals surface area contributed by atoms with Crippen molar-refractivity contribution < 1.29 is 4.39 Å². The summed E-state index contributed by atoms with van der Waals surface area (Å²) in [4.78, 5) is 0. The molecular formula is C10H11FN2. The van der Waals surface area contributed by atoms with E-state index in [-0.39, 0.29) is 11.6 Å². The third-order valence-electron chi connectivity index (χ3n) is 2.03. The highest BCUT2D eigenvalue weighted by Crippen LogP contribution is 2.26. The van der Waals surface area contributed by atoms with Crippen LogP contribution in [0.3, 0.4) is 0 Å². The molecular weight excluding hydrogens is 167 g/mol. The average molecular weight is 178 g/mol. The number of nitrogens with zero attached hydrogens (tertiary/aromatic N) is 1. The molecule has 2 nitrogen and oxygen atoms in total. The summed E-state index contributed by atoms with van der Waals surface area (Å²) in [5.41, 5.74) is 6.19. The number of nitriles is 1. The van der Waals surface area contributed by atoms with Gasteiger partial charge in [-0.3, -0.25) is 0 Å². The molecule has 0 radical (unpaired) electrons. The minimum Gasteiger partial charge on any atom is -0.396 e. The van der Waals surface area contributed by atoms with E-state index in [0.717, 1.165) is 0 Å². The topological polar surface area (TPSA) is 49.8 Å². The van der Waals surface area contributed by atoms with E-state index in [4.69, 9.17) is 11.0 Å². The van der Waals surface area contributed by atoms with Crippen LogP contribution in [0.15, 0.2) is 18.2 Å². The maximum atomic E-state index is 13.0. The first-order valence-electron chi connectivity index (χ1n) is 4.14. The zero-order valence-electron chi connectivity index (χ0n) is 7.42. The van der Waals surface area contributed by atoms with Gasteiger partial charge < -0.3 is 5.73 Å². The monoisotopic (exact) mass is 178 g/mol. The molecule has 1 unspecified atom stereocenters. The third kappa shape index (κ3) is 1.78. The van der Waals surface area contributed by atoms with Crippen molar-refractivity contribution in [1.82, 2.24) is 0 Å². The molecule has 1 atom stereocenters. The Balaban J connectivity index is 3.15. The molecule has 0 aliphatic rings. The second kappa shape index (κ2) is 3.90. The summed E-state index contributed by atoms with van der Waals surface area (Å²) in [6.45, 7) is 1.87. The molecule has 0 saturated carbocycles. The van der Waals surface area contributed by atoms with Gasteiger partial charge in [0.1, 0.15) is 5.82 Å². The normalized spacial score (nSPS) is 12.1. The number of anilines is 1. The summed E-state index contributed by atoms with van der Waals surface area (Å²) in [6.07, 6.45) is 0.643. The van der Waals surface area contributed by atoms with Gasteiger partial charge in [0.25, 0.3) is 0 Å². The molecule has 1 rings (SSSR count). The molecule has 0 spiro atoms. The van der Waals surface area contributed by atoms with Crippen LogP contribution < -0.4 is 5.73 Å². The standard InChI is InChI=1S/C10H11FN2/c1-2-7(6-12)8-4-3-5-9(11)10(8)13/h3-5,7H,2,13H2,1H3. The van der Waals surface area contributed by atoms with Crippen molar-refractivity contribution >= 4 is 5.69 Å². The van der Waals surface area contributed by atoms with E-state index in [1.54, 1.807) is 12.1 Å². The van der Waals surface area contributed by atoms with Crippen LogP contribution in [0.1, 0.15) is 24.8 Å². The van der Waals surface area contributed by atoms with Crippen LogP contribution in [0.4, 0.5) is 10.1 Å². The first-order chi connectivity index (χ1) is 6.20. The second-order valence-electron chi connectivity index (χ2n) is 2.83. The van der Waals surface area contributed by atoms with Gasteiger partial charge in [-0.2, -0.15) is 5.26 Å². The molecule has 68 valence electrons. The molecule has 0 aromatic heterocycles. The van der Waals surface area contributed by atoms with Gasteiger partial charge >= 0.3 is 0 Å². The first kappa shape index (κ1) is 9.53. The number of hydrogen-bond acceptors (Lipinski definition) is 2. The molecule has 0 aliphatic carbocycles. The lowest BCUT2D eigenvalue weighted by Crippen LogP contribution is -2.01. The summed E-state index contributed by atoms with van der Waals surface area (Å²) in [5, 5.41) is 8.77. The largest absolute Gasteiger partial charge is 0.396 e. The summed E-state index contributed by atoms with van der Waals surface area (Å²) >= 11 is 0. The number of rotatable bonds is 2. The maximum absolute atomic E-state index is 13.0. The van der Waals surface area contributed by atoms with Crippen LogP contribution in [-0.4, -0.2) is 0 Å². The molecule has 0 amide bonds. The van der Waals surface area contributed by atoms with Gasteiger partial charge in [0.2, 0.25) is 0 Å². The number of halogens is 1. The predicted molar refractivity (Wildman–Crippen MR) is 49.5 cm³/mol. The van der Waals surface area contributed by atoms with E-state index in [9.17, 15) is 4.39 Å². The van der Waals surface area contributed by atoms with E-state index in [1.165, 1.54) is 6.07 Å².